The summed E-state index contributed by atoms with van der Waals surface area (Å²) in [5, 5.41) is 18.9. The van der Waals surface area contributed by atoms with Gasteiger partial charge in [-0.25, -0.2) is 13.1 Å². The van der Waals surface area contributed by atoms with E-state index in [2.05, 4.69) is 9.71 Å². The van der Waals surface area contributed by atoms with E-state index in [1.807, 2.05) is 0 Å². The van der Waals surface area contributed by atoms with Crippen LogP contribution in [0, 0.1) is 0 Å². The summed E-state index contributed by atoms with van der Waals surface area (Å²) in [7, 11) is -3.88. The normalized spacial score (nSPS) is 12.9. The molecule has 0 amide bonds. The number of aromatic nitrogens is 1. The minimum Gasteiger partial charge on any atom is -0.399 e. The second kappa shape index (κ2) is 5.06. The van der Waals surface area contributed by atoms with Crippen LogP contribution in [0.1, 0.15) is 6.92 Å². The van der Waals surface area contributed by atoms with Gasteiger partial charge >= 0.3 is 0 Å². The molecule has 1 heterocycles. The van der Waals surface area contributed by atoms with Gasteiger partial charge in [0.05, 0.1) is 18.8 Å². The molecule has 1 aromatic heterocycles. The van der Waals surface area contributed by atoms with E-state index in [0.29, 0.717) is 16.6 Å². The molecule has 8 heteroatoms. The van der Waals surface area contributed by atoms with Crippen LogP contribution in [0.25, 0.3) is 10.9 Å². The van der Waals surface area contributed by atoms with E-state index in [0.717, 1.165) is 0 Å². The second-order valence-electron chi connectivity index (χ2n) is 4.94. The fourth-order valence-electron chi connectivity index (χ4n) is 1.83. The van der Waals surface area contributed by atoms with Crippen LogP contribution in [-0.4, -0.2) is 42.4 Å². The van der Waals surface area contributed by atoms with Crippen LogP contribution in [0.15, 0.2) is 29.3 Å². The predicted molar refractivity (Wildman–Crippen MR) is 75.6 cm³/mol. The number of nitrogen functional groups attached to an aromatic ring is 1. The molecule has 1 aromatic carbocycles. The Morgan fingerprint density at radius 3 is 2.60 bits per heavy atom. The number of sulfonamides is 1. The summed E-state index contributed by atoms with van der Waals surface area (Å²) in [6.45, 7) is 0.382. The van der Waals surface area contributed by atoms with Crippen molar-refractivity contribution in [1.29, 1.82) is 0 Å². The number of aliphatic hydroxyl groups excluding tert-OH is 2. The van der Waals surface area contributed by atoms with Gasteiger partial charge in [0.15, 0.2) is 0 Å². The van der Waals surface area contributed by atoms with Crippen LogP contribution in [0.5, 0.6) is 0 Å². The maximum absolute atomic E-state index is 12.3. The van der Waals surface area contributed by atoms with E-state index >= 15 is 0 Å². The largest absolute Gasteiger partial charge is 0.399 e. The molecule has 0 saturated heterocycles. The number of rotatable bonds is 5. The van der Waals surface area contributed by atoms with E-state index in [1.165, 1.54) is 13.1 Å². The van der Waals surface area contributed by atoms with E-state index in [4.69, 9.17) is 5.73 Å². The average Bonchev–Trinajstić information content (AvgIpc) is 2.81. The van der Waals surface area contributed by atoms with Crippen molar-refractivity contribution >= 4 is 26.6 Å². The smallest absolute Gasteiger partial charge is 0.243 e. The first-order chi connectivity index (χ1) is 9.31. The summed E-state index contributed by atoms with van der Waals surface area (Å²) in [6, 6.07) is 4.84. The van der Waals surface area contributed by atoms with Crippen molar-refractivity contribution < 1.29 is 18.6 Å². The maximum atomic E-state index is 12.3. The van der Waals surface area contributed by atoms with Crippen LogP contribution in [0.2, 0.25) is 0 Å². The summed E-state index contributed by atoms with van der Waals surface area (Å²) in [6.07, 6.45) is 1.35. The Kier molecular flexibility index (Phi) is 3.74. The van der Waals surface area contributed by atoms with E-state index < -0.39 is 28.8 Å². The SMILES string of the molecule is CC(CO)(CO)NS(=O)(=O)c1c[nH]c2cc(N)ccc12. The van der Waals surface area contributed by atoms with E-state index in [-0.39, 0.29) is 4.90 Å². The molecule has 20 heavy (non-hydrogen) atoms. The summed E-state index contributed by atoms with van der Waals surface area (Å²) >= 11 is 0. The highest BCUT2D eigenvalue weighted by atomic mass is 32.2. The first-order valence-corrected chi connectivity index (χ1v) is 7.42. The predicted octanol–water partition coefficient (Wildman–Crippen LogP) is -0.228. The Bertz CT molecular complexity index is 719. The molecule has 0 aliphatic carbocycles. The lowest BCUT2D eigenvalue weighted by Gasteiger charge is -2.25. The van der Waals surface area contributed by atoms with Gasteiger partial charge < -0.3 is 20.9 Å². The quantitative estimate of drug-likeness (QED) is 0.487. The first-order valence-electron chi connectivity index (χ1n) is 5.94. The Balaban J connectivity index is 2.47. The van der Waals surface area contributed by atoms with Gasteiger partial charge in [-0.15, -0.1) is 0 Å². The Hall–Kier alpha value is -1.61. The van der Waals surface area contributed by atoms with Crippen LogP contribution in [0.4, 0.5) is 5.69 Å². The molecule has 0 spiro atoms. The van der Waals surface area contributed by atoms with Crippen molar-refractivity contribution in [2.24, 2.45) is 0 Å². The van der Waals surface area contributed by atoms with Gasteiger partial charge in [0.1, 0.15) is 4.90 Å². The summed E-state index contributed by atoms with van der Waals surface area (Å²) in [5.74, 6) is 0. The number of nitrogens with one attached hydrogen (secondary N) is 2. The van der Waals surface area contributed by atoms with Gasteiger partial charge in [-0.05, 0) is 25.1 Å². The van der Waals surface area contributed by atoms with Gasteiger partial charge in [-0.2, -0.15) is 0 Å². The molecule has 0 saturated carbocycles. The topological polar surface area (TPSA) is 128 Å². The van der Waals surface area contributed by atoms with Crippen molar-refractivity contribution in [2.45, 2.75) is 17.4 Å². The summed E-state index contributed by atoms with van der Waals surface area (Å²) in [4.78, 5) is 2.87. The highest BCUT2D eigenvalue weighted by Gasteiger charge is 2.30. The molecule has 0 aliphatic heterocycles. The lowest BCUT2D eigenvalue weighted by atomic mass is 10.1. The van der Waals surface area contributed by atoms with E-state index in [1.54, 1.807) is 18.2 Å². The number of aliphatic hydroxyl groups is 2. The fourth-order valence-corrected chi connectivity index (χ4v) is 3.40. The van der Waals surface area contributed by atoms with Crippen molar-refractivity contribution in [1.82, 2.24) is 9.71 Å². The van der Waals surface area contributed by atoms with Gasteiger partial charge in [-0.1, -0.05) is 0 Å². The minimum atomic E-state index is -3.88. The first kappa shape index (κ1) is 14.8. The van der Waals surface area contributed by atoms with Crippen LogP contribution in [0.3, 0.4) is 0 Å². The monoisotopic (exact) mass is 299 g/mol. The number of fused-ring (bicyclic) bond motifs is 1. The highest BCUT2D eigenvalue weighted by Crippen LogP contribution is 2.25. The number of hydrogen-bond donors (Lipinski definition) is 5. The van der Waals surface area contributed by atoms with Crippen molar-refractivity contribution in [3.63, 3.8) is 0 Å². The molecule has 0 unspecified atom stereocenters. The molecule has 7 nitrogen and oxygen atoms in total. The Morgan fingerprint density at radius 2 is 2.00 bits per heavy atom. The van der Waals surface area contributed by atoms with Gasteiger partial charge in [0.25, 0.3) is 0 Å². The third kappa shape index (κ3) is 2.63. The third-order valence-electron chi connectivity index (χ3n) is 3.04. The molecule has 2 aromatic rings. The number of aromatic amines is 1. The van der Waals surface area contributed by atoms with Crippen LogP contribution >= 0.6 is 0 Å². The molecule has 0 radical (unpaired) electrons. The van der Waals surface area contributed by atoms with E-state index in [9.17, 15) is 18.6 Å². The average molecular weight is 299 g/mol. The molecule has 110 valence electrons. The molecule has 0 fully saturated rings. The minimum absolute atomic E-state index is 0.0422. The summed E-state index contributed by atoms with van der Waals surface area (Å²) in [5.41, 5.74) is 5.43. The van der Waals surface area contributed by atoms with Crippen molar-refractivity contribution in [2.75, 3.05) is 18.9 Å². The Morgan fingerprint density at radius 1 is 1.35 bits per heavy atom. The Labute approximate surface area is 116 Å². The molecule has 0 bridgehead atoms. The third-order valence-corrected chi connectivity index (χ3v) is 4.71. The molecule has 0 atom stereocenters. The fraction of sp³-hybridized carbons (Fsp3) is 0.333. The number of anilines is 1. The molecule has 2 rings (SSSR count). The number of benzene rings is 1. The zero-order valence-electron chi connectivity index (χ0n) is 10.9. The van der Waals surface area contributed by atoms with Crippen molar-refractivity contribution in [3.05, 3.63) is 24.4 Å². The zero-order chi connectivity index (χ0) is 15.0. The van der Waals surface area contributed by atoms with Crippen LogP contribution < -0.4 is 10.5 Å². The molecular formula is C12H17N3O4S. The van der Waals surface area contributed by atoms with Gasteiger partial charge in [-0.3, -0.25) is 0 Å². The number of hydrogen-bond acceptors (Lipinski definition) is 5. The maximum Gasteiger partial charge on any atom is 0.243 e. The number of nitrogens with two attached hydrogens (primary N) is 1. The highest BCUT2D eigenvalue weighted by molar-refractivity contribution is 7.89. The van der Waals surface area contributed by atoms with Crippen LogP contribution in [-0.2, 0) is 10.0 Å². The lowest BCUT2D eigenvalue weighted by Crippen LogP contribution is -2.51. The standard InChI is InChI=1S/C12H17N3O4S/c1-12(6-16,7-17)15-20(18,19)11-5-14-10-4-8(13)2-3-9(10)11/h2-5,14-17H,6-7,13H2,1H3. The van der Waals surface area contributed by atoms with Crippen molar-refractivity contribution in [3.8, 4) is 0 Å². The second-order valence-corrected chi connectivity index (χ2v) is 6.59. The molecule has 6 N–H and O–H groups in total. The number of H-pyrrole nitrogens is 1. The summed E-state index contributed by atoms with van der Waals surface area (Å²) < 4.78 is 27.0. The lowest BCUT2D eigenvalue weighted by molar-refractivity contribution is 0.122. The zero-order valence-corrected chi connectivity index (χ0v) is 11.7. The van der Waals surface area contributed by atoms with Gasteiger partial charge in [0.2, 0.25) is 10.0 Å². The molecule has 0 aliphatic rings. The molecular weight excluding hydrogens is 282 g/mol. The van der Waals surface area contributed by atoms with Gasteiger partial charge in [0, 0.05) is 22.8 Å².